The predicted octanol–water partition coefficient (Wildman–Crippen LogP) is 5.00. The van der Waals surface area contributed by atoms with Crippen molar-refractivity contribution in [1.82, 2.24) is 9.88 Å². The molecule has 2 aromatic carbocycles. The maximum Gasteiger partial charge on any atom is 0.321 e. The van der Waals surface area contributed by atoms with E-state index in [1.54, 1.807) is 23.1 Å². The number of hydrogen-bond donors (Lipinski definition) is 2. The summed E-state index contributed by atoms with van der Waals surface area (Å²) in [6.45, 7) is 5.69. The molecule has 1 aromatic heterocycles. The van der Waals surface area contributed by atoms with E-state index in [2.05, 4.69) is 21.7 Å². The van der Waals surface area contributed by atoms with Crippen molar-refractivity contribution in [2.24, 2.45) is 0 Å². The Balaban J connectivity index is 1.68. The van der Waals surface area contributed by atoms with Gasteiger partial charge in [-0.25, -0.2) is 14.2 Å². The van der Waals surface area contributed by atoms with Crippen LogP contribution in [-0.4, -0.2) is 42.2 Å². The molecule has 3 aromatic rings. The van der Waals surface area contributed by atoms with Crippen LogP contribution in [0, 0.1) is 17.1 Å². The highest BCUT2D eigenvalue weighted by Gasteiger charge is 2.15. The quantitative estimate of drug-likeness (QED) is 0.494. The minimum Gasteiger partial charge on any atom is -0.494 e. The van der Waals surface area contributed by atoms with Gasteiger partial charge in [0.25, 0.3) is 0 Å². The number of aromatic nitrogens is 1. The number of amides is 2. The van der Waals surface area contributed by atoms with E-state index >= 15 is 0 Å². The van der Waals surface area contributed by atoms with E-state index < -0.39 is 5.82 Å². The molecule has 0 atom stereocenters. The van der Waals surface area contributed by atoms with Gasteiger partial charge in [0.2, 0.25) is 0 Å². The standard InChI is InChI=1S/C24H26FN5O2/c1-3-12-30(24(31)29-22-8-6-5-7-20(22)25)13-11-27-23-18(16-26)14-17-15-19(32-4-2)9-10-21(17)28-23/h5-10,14-15H,3-4,11-13H2,1-2H3,(H,27,28)(H,29,31). The monoisotopic (exact) mass is 435 g/mol. The molecule has 3 rings (SSSR count). The number of carbonyl (C=O) groups excluding carboxylic acids is 1. The van der Waals surface area contributed by atoms with Crippen LogP contribution in [0.5, 0.6) is 5.75 Å². The Morgan fingerprint density at radius 1 is 1.19 bits per heavy atom. The average molecular weight is 436 g/mol. The Morgan fingerprint density at radius 2 is 2.00 bits per heavy atom. The molecule has 7 nitrogen and oxygen atoms in total. The van der Waals surface area contributed by atoms with Crippen molar-refractivity contribution < 1.29 is 13.9 Å². The zero-order valence-corrected chi connectivity index (χ0v) is 18.2. The van der Waals surface area contributed by atoms with Crippen LogP contribution in [0.25, 0.3) is 10.9 Å². The number of carbonyl (C=O) groups is 1. The van der Waals surface area contributed by atoms with E-state index in [-0.39, 0.29) is 11.7 Å². The third kappa shape index (κ3) is 5.64. The fourth-order valence-electron chi connectivity index (χ4n) is 3.28. The molecular formula is C24H26FN5O2. The summed E-state index contributed by atoms with van der Waals surface area (Å²) in [5.74, 6) is 0.694. The number of halogens is 1. The zero-order chi connectivity index (χ0) is 22.9. The Labute approximate surface area is 186 Å². The lowest BCUT2D eigenvalue weighted by atomic mass is 10.1. The summed E-state index contributed by atoms with van der Waals surface area (Å²) >= 11 is 0. The number of rotatable bonds is 9. The number of fused-ring (bicyclic) bond motifs is 1. The molecule has 0 spiro atoms. The Morgan fingerprint density at radius 3 is 2.72 bits per heavy atom. The van der Waals surface area contributed by atoms with Gasteiger partial charge in [-0.05, 0) is 49.7 Å². The second kappa shape index (κ2) is 11.0. The maximum absolute atomic E-state index is 13.9. The number of para-hydroxylation sites is 1. The fraction of sp³-hybridized carbons (Fsp3) is 0.292. The van der Waals surface area contributed by atoms with E-state index in [1.165, 1.54) is 12.1 Å². The number of urea groups is 1. The molecule has 1 heterocycles. The molecule has 0 aliphatic heterocycles. The largest absolute Gasteiger partial charge is 0.494 e. The zero-order valence-electron chi connectivity index (χ0n) is 18.2. The highest BCUT2D eigenvalue weighted by atomic mass is 19.1. The number of benzene rings is 2. The van der Waals surface area contributed by atoms with Crippen LogP contribution in [0.2, 0.25) is 0 Å². The normalized spacial score (nSPS) is 10.4. The van der Waals surface area contributed by atoms with E-state index in [0.717, 1.165) is 23.1 Å². The van der Waals surface area contributed by atoms with Crippen molar-refractivity contribution in [2.45, 2.75) is 20.3 Å². The number of nitriles is 1. The number of anilines is 2. The van der Waals surface area contributed by atoms with E-state index in [0.29, 0.717) is 37.6 Å². The summed E-state index contributed by atoms with van der Waals surface area (Å²) in [6.07, 6.45) is 0.754. The van der Waals surface area contributed by atoms with Crippen molar-refractivity contribution in [3.63, 3.8) is 0 Å². The van der Waals surface area contributed by atoms with Crippen molar-refractivity contribution >= 4 is 28.4 Å². The Kier molecular flexibility index (Phi) is 7.81. The van der Waals surface area contributed by atoms with Gasteiger partial charge in [0.05, 0.1) is 23.4 Å². The Hall–Kier alpha value is -3.86. The molecule has 0 fully saturated rings. The summed E-state index contributed by atoms with van der Waals surface area (Å²) < 4.78 is 19.4. The second-order valence-corrected chi connectivity index (χ2v) is 7.11. The van der Waals surface area contributed by atoms with Gasteiger partial charge in [-0.2, -0.15) is 5.26 Å². The van der Waals surface area contributed by atoms with Crippen molar-refractivity contribution in [3.05, 3.63) is 59.9 Å². The number of hydrogen-bond acceptors (Lipinski definition) is 5. The molecular weight excluding hydrogens is 409 g/mol. The van der Waals surface area contributed by atoms with Gasteiger partial charge >= 0.3 is 6.03 Å². The van der Waals surface area contributed by atoms with Gasteiger partial charge in [0, 0.05) is 25.0 Å². The first-order chi connectivity index (χ1) is 15.5. The minimum atomic E-state index is -0.484. The first kappa shape index (κ1) is 22.8. The summed E-state index contributed by atoms with van der Waals surface area (Å²) in [6, 6.07) is 15.1. The molecule has 2 amide bonds. The molecule has 0 bridgehead atoms. The number of nitrogens with zero attached hydrogens (tertiary/aromatic N) is 3. The minimum absolute atomic E-state index is 0.140. The van der Waals surface area contributed by atoms with Crippen LogP contribution in [-0.2, 0) is 0 Å². The van der Waals surface area contributed by atoms with Crippen LogP contribution < -0.4 is 15.4 Å². The Bertz CT molecular complexity index is 1130. The third-order valence-electron chi connectivity index (χ3n) is 4.79. The first-order valence-electron chi connectivity index (χ1n) is 10.6. The first-order valence-corrected chi connectivity index (χ1v) is 10.6. The molecule has 0 unspecified atom stereocenters. The lowest BCUT2D eigenvalue weighted by Gasteiger charge is -2.23. The summed E-state index contributed by atoms with van der Waals surface area (Å²) in [5.41, 5.74) is 1.28. The molecule has 0 saturated heterocycles. The van der Waals surface area contributed by atoms with Crippen molar-refractivity contribution in [3.8, 4) is 11.8 Å². The van der Waals surface area contributed by atoms with Gasteiger partial charge < -0.3 is 20.3 Å². The molecule has 2 N–H and O–H groups in total. The summed E-state index contributed by atoms with van der Waals surface area (Å²) in [4.78, 5) is 18.8. The summed E-state index contributed by atoms with van der Waals surface area (Å²) in [5, 5.41) is 16.1. The highest BCUT2D eigenvalue weighted by Crippen LogP contribution is 2.24. The third-order valence-corrected chi connectivity index (χ3v) is 4.79. The lowest BCUT2D eigenvalue weighted by Crippen LogP contribution is -2.39. The molecule has 0 saturated carbocycles. The van der Waals surface area contributed by atoms with Crippen LogP contribution in [0.3, 0.4) is 0 Å². The fourth-order valence-corrected chi connectivity index (χ4v) is 3.28. The number of ether oxygens (including phenoxy) is 1. The topological polar surface area (TPSA) is 90.3 Å². The van der Waals surface area contributed by atoms with E-state index in [4.69, 9.17) is 4.74 Å². The average Bonchev–Trinajstić information content (AvgIpc) is 2.79. The lowest BCUT2D eigenvalue weighted by molar-refractivity contribution is 0.213. The molecule has 32 heavy (non-hydrogen) atoms. The van der Waals surface area contributed by atoms with Gasteiger partial charge in [-0.1, -0.05) is 19.1 Å². The van der Waals surface area contributed by atoms with Crippen molar-refractivity contribution in [1.29, 1.82) is 5.26 Å². The highest BCUT2D eigenvalue weighted by molar-refractivity contribution is 5.89. The molecule has 8 heteroatoms. The molecule has 0 radical (unpaired) electrons. The predicted molar refractivity (Wildman–Crippen MR) is 123 cm³/mol. The van der Waals surface area contributed by atoms with Gasteiger partial charge in [-0.15, -0.1) is 0 Å². The number of pyridine rings is 1. The number of nitrogens with one attached hydrogen (secondary N) is 2. The van der Waals surface area contributed by atoms with E-state index in [1.807, 2.05) is 32.0 Å². The second-order valence-electron chi connectivity index (χ2n) is 7.11. The SMILES string of the molecule is CCCN(CCNc1nc2ccc(OCC)cc2cc1C#N)C(=O)Nc1ccccc1F. The van der Waals surface area contributed by atoms with Crippen LogP contribution in [0.4, 0.5) is 20.7 Å². The van der Waals surface area contributed by atoms with Crippen LogP contribution in [0.15, 0.2) is 48.5 Å². The molecule has 0 aliphatic rings. The van der Waals surface area contributed by atoms with Crippen LogP contribution in [0.1, 0.15) is 25.8 Å². The molecule has 166 valence electrons. The van der Waals surface area contributed by atoms with Gasteiger partial charge in [-0.3, -0.25) is 0 Å². The van der Waals surface area contributed by atoms with Crippen molar-refractivity contribution in [2.75, 3.05) is 36.9 Å². The van der Waals surface area contributed by atoms with E-state index in [9.17, 15) is 14.4 Å². The summed E-state index contributed by atoms with van der Waals surface area (Å²) in [7, 11) is 0. The van der Waals surface area contributed by atoms with Gasteiger partial charge in [0.1, 0.15) is 23.5 Å². The smallest absolute Gasteiger partial charge is 0.321 e. The maximum atomic E-state index is 13.9. The molecule has 0 aliphatic carbocycles. The van der Waals surface area contributed by atoms with Gasteiger partial charge in [0.15, 0.2) is 0 Å². The van der Waals surface area contributed by atoms with Crippen LogP contribution >= 0.6 is 0 Å².